The van der Waals surface area contributed by atoms with Gasteiger partial charge in [-0.25, -0.2) is 9.97 Å². The number of hydrogen-bond donors (Lipinski definition) is 2. The fourth-order valence-corrected chi connectivity index (χ4v) is 1.95. The summed E-state index contributed by atoms with van der Waals surface area (Å²) in [6.45, 7) is 0.675. The highest BCUT2D eigenvalue weighted by Gasteiger charge is 2.02. The van der Waals surface area contributed by atoms with E-state index in [1.807, 2.05) is 30.5 Å². The number of ether oxygens (including phenoxy) is 1. The highest BCUT2D eigenvalue weighted by atomic mass is 32.2. The molecule has 0 unspecified atom stereocenters. The highest BCUT2D eigenvalue weighted by molar-refractivity contribution is 7.98. The van der Waals surface area contributed by atoms with Crippen molar-refractivity contribution < 1.29 is 4.74 Å². The van der Waals surface area contributed by atoms with E-state index >= 15 is 0 Å². The van der Waals surface area contributed by atoms with E-state index in [1.54, 1.807) is 13.2 Å². The lowest BCUT2D eigenvalue weighted by Crippen LogP contribution is -2.04. The molecule has 100 valence electrons. The fraction of sp³-hybridized carbons (Fsp3) is 0.231. The average Bonchev–Trinajstić information content (AvgIpc) is 2.45. The third-order valence-corrected chi connectivity index (χ3v) is 3.09. The molecule has 0 bridgehead atoms. The normalized spacial score (nSPS) is 10.2. The maximum absolute atomic E-state index is 5.72. The number of methoxy groups -OCH3 is 1. The molecule has 5 nitrogen and oxygen atoms in total. The molecular weight excluding hydrogens is 260 g/mol. The van der Waals surface area contributed by atoms with Crippen molar-refractivity contribution in [3.63, 3.8) is 0 Å². The number of nitrogens with two attached hydrogens (primary N) is 1. The number of rotatable bonds is 5. The van der Waals surface area contributed by atoms with Crippen molar-refractivity contribution in [1.82, 2.24) is 9.97 Å². The summed E-state index contributed by atoms with van der Waals surface area (Å²) in [7, 11) is 1.65. The Morgan fingerprint density at radius 2 is 2.00 bits per heavy atom. The summed E-state index contributed by atoms with van der Waals surface area (Å²) in [4.78, 5) is 8.44. The van der Waals surface area contributed by atoms with Gasteiger partial charge in [0.25, 0.3) is 0 Å². The van der Waals surface area contributed by atoms with Gasteiger partial charge in [-0.15, -0.1) is 0 Å². The van der Waals surface area contributed by atoms with Crippen LogP contribution < -0.4 is 15.8 Å². The molecule has 3 N–H and O–H groups in total. The summed E-state index contributed by atoms with van der Waals surface area (Å²) in [5, 5.41) is 3.89. The Bertz CT molecular complexity index is 545. The third kappa shape index (κ3) is 3.75. The van der Waals surface area contributed by atoms with Crippen LogP contribution in [0.5, 0.6) is 5.75 Å². The molecule has 0 saturated carbocycles. The summed E-state index contributed by atoms with van der Waals surface area (Å²) < 4.78 is 5.12. The van der Waals surface area contributed by atoms with Crippen LogP contribution in [0.15, 0.2) is 35.5 Å². The number of nitrogens with zero attached hydrogens (tertiary/aromatic N) is 2. The maximum atomic E-state index is 5.72. The molecule has 0 fully saturated rings. The Morgan fingerprint density at radius 1 is 1.26 bits per heavy atom. The zero-order valence-corrected chi connectivity index (χ0v) is 11.7. The molecule has 0 aliphatic rings. The topological polar surface area (TPSA) is 73.1 Å². The predicted molar refractivity (Wildman–Crippen MR) is 78.5 cm³/mol. The van der Waals surface area contributed by atoms with Crippen LogP contribution in [0.1, 0.15) is 5.56 Å². The van der Waals surface area contributed by atoms with Gasteiger partial charge >= 0.3 is 0 Å². The Labute approximate surface area is 116 Å². The van der Waals surface area contributed by atoms with Crippen molar-refractivity contribution in [2.24, 2.45) is 0 Å². The minimum Gasteiger partial charge on any atom is -0.497 e. The van der Waals surface area contributed by atoms with Crippen LogP contribution in [-0.4, -0.2) is 23.3 Å². The van der Waals surface area contributed by atoms with Gasteiger partial charge in [0.05, 0.1) is 7.11 Å². The first-order valence-electron chi connectivity index (χ1n) is 5.76. The van der Waals surface area contributed by atoms with Crippen molar-refractivity contribution >= 4 is 23.4 Å². The molecular formula is C13H16N4OS. The number of hydrogen-bond acceptors (Lipinski definition) is 6. The molecule has 0 aliphatic carbocycles. The van der Waals surface area contributed by atoms with Crippen molar-refractivity contribution in [2.45, 2.75) is 11.7 Å². The number of nitrogen functional groups attached to an aromatic ring is 1. The maximum Gasteiger partial charge on any atom is 0.191 e. The van der Waals surface area contributed by atoms with Crippen LogP contribution in [-0.2, 0) is 6.54 Å². The van der Waals surface area contributed by atoms with Gasteiger partial charge in [-0.2, -0.15) is 0 Å². The summed E-state index contributed by atoms with van der Waals surface area (Å²) >= 11 is 1.46. The van der Waals surface area contributed by atoms with E-state index in [1.165, 1.54) is 11.8 Å². The van der Waals surface area contributed by atoms with Crippen LogP contribution in [0.25, 0.3) is 0 Å². The first-order valence-corrected chi connectivity index (χ1v) is 6.99. The summed E-state index contributed by atoms with van der Waals surface area (Å²) in [6.07, 6.45) is 1.92. The van der Waals surface area contributed by atoms with Crippen LogP contribution in [0.4, 0.5) is 11.6 Å². The monoisotopic (exact) mass is 276 g/mol. The predicted octanol–water partition coefficient (Wildman–Crippen LogP) is 2.40. The zero-order chi connectivity index (χ0) is 13.7. The number of thioether (sulfide) groups is 1. The number of aromatic nitrogens is 2. The third-order valence-electron chi connectivity index (χ3n) is 2.54. The first kappa shape index (κ1) is 13.5. The quantitative estimate of drug-likeness (QED) is 0.645. The molecule has 1 heterocycles. The van der Waals surface area contributed by atoms with Crippen molar-refractivity contribution in [3.05, 3.63) is 35.9 Å². The van der Waals surface area contributed by atoms with Crippen LogP contribution in [0, 0.1) is 0 Å². The minimum absolute atomic E-state index is 0.469. The molecule has 2 aromatic rings. The zero-order valence-electron chi connectivity index (χ0n) is 10.9. The second-order valence-corrected chi connectivity index (χ2v) is 4.64. The highest BCUT2D eigenvalue weighted by Crippen LogP contribution is 2.16. The molecule has 0 spiro atoms. The molecule has 6 heteroatoms. The van der Waals surface area contributed by atoms with E-state index in [0.717, 1.165) is 17.1 Å². The van der Waals surface area contributed by atoms with E-state index < -0.39 is 0 Å². The van der Waals surface area contributed by atoms with Crippen LogP contribution in [0.2, 0.25) is 0 Å². The SMILES string of the molecule is COc1ccc(CNc2cc(N)nc(SC)n2)cc1. The lowest BCUT2D eigenvalue weighted by molar-refractivity contribution is 0.414. The van der Waals surface area contributed by atoms with Gasteiger partial charge < -0.3 is 15.8 Å². The number of anilines is 2. The van der Waals surface area contributed by atoms with Crippen molar-refractivity contribution in [1.29, 1.82) is 0 Å². The lowest BCUT2D eigenvalue weighted by Gasteiger charge is -2.08. The van der Waals surface area contributed by atoms with Gasteiger partial charge in [0.2, 0.25) is 0 Å². The van der Waals surface area contributed by atoms with Gasteiger partial charge in [0.15, 0.2) is 5.16 Å². The van der Waals surface area contributed by atoms with Crippen LogP contribution in [0.3, 0.4) is 0 Å². The molecule has 0 atom stereocenters. The number of nitrogens with one attached hydrogen (secondary N) is 1. The molecule has 2 rings (SSSR count). The van der Waals surface area contributed by atoms with Gasteiger partial charge in [-0.05, 0) is 24.0 Å². The minimum atomic E-state index is 0.469. The largest absolute Gasteiger partial charge is 0.497 e. The van der Waals surface area contributed by atoms with Crippen LogP contribution >= 0.6 is 11.8 Å². The molecule has 0 aliphatic heterocycles. The standard InChI is InChI=1S/C13H16N4OS/c1-18-10-5-3-9(4-6-10)8-15-12-7-11(14)16-13(17-12)19-2/h3-7H,8H2,1-2H3,(H3,14,15,16,17). The first-order chi connectivity index (χ1) is 9.21. The van der Waals surface area contributed by atoms with E-state index in [4.69, 9.17) is 10.5 Å². The van der Waals surface area contributed by atoms with E-state index in [9.17, 15) is 0 Å². The van der Waals surface area contributed by atoms with Crippen molar-refractivity contribution in [3.8, 4) is 5.75 Å². The molecule has 0 radical (unpaired) electrons. The Kier molecular flexibility index (Phi) is 4.46. The number of benzene rings is 1. The Morgan fingerprint density at radius 3 is 2.63 bits per heavy atom. The molecule has 1 aromatic carbocycles. The van der Waals surface area contributed by atoms with Gasteiger partial charge in [-0.1, -0.05) is 23.9 Å². The van der Waals surface area contributed by atoms with E-state index in [0.29, 0.717) is 17.5 Å². The molecule has 0 saturated heterocycles. The Hall–Kier alpha value is -1.95. The average molecular weight is 276 g/mol. The Balaban J connectivity index is 2.03. The summed E-state index contributed by atoms with van der Waals surface area (Å²) in [5.74, 6) is 2.05. The van der Waals surface area contributed by atoms with Crippen molar-refractivity contribution in [2.75, 3.05) is 24.4 Å². The summed E-state index contributed by atoms with van der Waals surface area (Å²) in [5.41, 5.74) is 6.86. The molecule has 19 heavy (non-hydrogen) atoms. The smallest absolute Gasteiger partial charge is 0.191 e. The van der Waals surface area contributed by atoms with Gasteiger partial charge in [0.1, 0.15) is 17.4 Å². The van der Waals surface area contributed by atoms with E-state index in [-0.39, 0.29) is 0 Å². The second-order valence-electron chi connectivity index (χ2n) is 3.87. The van der Waals surface area contributed by atoms with E-state index in [2.05, 4.69) is 15.3 Å². The van der Waals surface area contributed by atoms with Gasteiger partial charge in [0, 0.05) is 12.6 Å². The molecule has 1 aromatic heterocycles. The van der Waals surface area contributed by atoms with Gasteiger partial charge in [-0.3, -0.25) is 0 Å². The summed E-state index contributed by atoms with van der Waals surface area (Å²) in [6, 6.07) is 9.60. The lowest BCUT2D eigenvalue weighted by atomic mass is 10.2. The fourth-order valence-electron chi connectivity index (χ4n) is 1.56. The molecule has 0 amide bonds. The second kappa shape index (κ2) is 6.29.